The summed E-state index contributed by atoms with van der Waals surface area (Å²) in [6.45, 7) is 9.33. The summed E-state index contributed by atoms with van der Waals surface area (Å²) in [6, 6.07) is 0. The van der Waals surface area contributed by atoms with Crippen LogP contribution < -0.4 is 10.6 Å². The molecular weight excluding hydrogens is 234 g/mol. The lowest BCUT2D eigenvalue weighted by atomic mass is 10.6. The minimum Gasteiger partial charge on any atom is -0.380 e. The van der Waals surface area contributed by atoms with Crippen LogP contribution in [0, 0.1) is 5.41 Å². The lowest BCUT2D eigenvalue weighted by Gasteiger charge is -2.07. The molecule has 6 nitrogen and oxygen atoms in total. The molecule has 0 saturated heterocycles. The smallest absolute Gasteiger partial charge is 0.0812 e. The fraction of sp³-hybridized carbons (Fsp3) is 0.917. The molecule has 0 atom stereocenters. The summed E-state index contributed by atoms with van der Waals surface area (Å²) in [6.07, 6.45) is 1.25. The third-order valence-electron chi connectivity index (χ3n) is 2.10. The second-order valence-corrected chi connectivity index (χ2v) is 3.59. The average molecular weight is 261 g/mol. The van der Waals surface area contributed by atoms with Gasteiger partial charge in [-0.2, -0.15) is 0 Å². The molecule has 0 heterocycles. The maximum atomic E-state index is 6.76. The van der Waals surface area contributed by atoms with Crippen LogP contribution in [-0.2, 0) is 14.2 Å². The summed E-state index contributed by atoms with van der Waals surface area (Å²) in [7, 11) is 0. The van der Waals surface area contributed by atoms with Crippen molar-refractivity contribution in [1.29, 1.82) is 5.41 Å². The van der Waals surface area contributed by atoms with Gasteiger partial charge in [-0.05, 0) is 6.92 Å². The number of rotatable bonds is 15. The van der Waals surface area contributed by atoms with E-state index in [0.717, 1.165) is 46.0 Å². The van der Waals surface area contributed by atoms with E-state index < -0.39 is 0 Å². The van der Waals surface area contributed by atoms with E-state index in [1.54, 1.807) is 0 Å². The Hall–Kier alpha value is -0.530. The Labute approximate surface area is 110 Å². The van der Waals surface area contributed by atoms with Crippen molar-refractivity contribution in [2.24, 2.45) is 0 Å². The third-order valence-corrected chi connectivity index (χ3v) is 2.10. The van der Waals surface area contributed by atoms with Gasteiger partial charge in [-0.15, -0.1) is 0 Å². The van der Waals surface area contributed by atoms with Crippen molar-refractivity contribution >= 4 is 6.21 Å². The van der Waals surface area contributed by atoms with Crippen molar-refractivity contribution < 1.29 is 14.2 Å². The molecule has 0 radical (unpaired) electrons. The summed E-state index contributed by atoms with van der Waals surface area (Å²) in [5, 5.41) is 13.2. The highest BCUT2D eigenvalue weighted by molar-refractivity contribution is 5.53. The van der Waals surface area contributed by atoms with E-state index in [4.69, 9.17) is 19.6 Å². The van der Waals surface area contributed by atoms with Crippen LogP contribution in [0.2, 0.25) is 0 Å². The molecule has 0 aromatic rings. The Bertz CT molecular complexity index is 171. The summed E-state index contributed by atoms with van der Waals surface area (Å²) in [5.41, 5.74) is 0. The molecule has 6 heteroatoms. The van der Waals surface area contributed by atoms with Crippen LogP contribution in [0.25, 0.3) is 0 Å². The first-order valence-corrected chi connectivity index (χ1v) is 6.55. The summed E-state index contributed by atoms with van der Waals surface area (Å²) in [4.78, 5) is 0. The zero-order chi connectivity index (χ0) is 13.3. The van der Waals surface area contributed by atoms with Crippen LogP contribution in [0.15, 0.2) is 0 Å². The van der Waals surface area contributed by atoms with Crippen molar-refractivity contribution in [3.63, 3.8) is 0 Å². The molecule has 0 unspecified atom stereocenters. The van der Waals surface area contributed by atoms with Crippen molar-refractivity contribution in [2.75, 3.05) is 65.8 Å². The maximum Gasteiger partial charge on any atom is 0.0812 e. The van der Waals surface area contributed by atoms with Crippen molar-refractivity contribution in [3.05, 3.63) is 0 Å². The molecular formula is C12H27N3O3. The number of ether oxygens (including phenoxy) is 3. The normalized spacial score (nSPS) is 10.7. The van der Waals surface area contributed by atoms with Gasteiger partial charge in [-0.25, -0.2) is 0 Å². The second-order valence-electron chi connectivity index (χ2n) is 3.59. The van der Waals surface area contributed by atoms with Gasteiger partial charge in [0.25, 0.3) is 0 Å². The molecule has 0 bridgehead atoms. The van der Waals surface area contributed by atoms with Gasteiger partial charge in [0.1, 0.15) is 0 Å². The first kappa shape index (κ1) is 17.5. The summed E-state index contributed by atoms with van der Waals surface area (Å²) < 4.78 is 15.7. The maximum absolute atomic E-state index is 6.76. The minimum absolute atomic E-state index is 0.394. The van der Waals surface area contributed by atoms with E-state index in [0.29, 0.717) is 19.8 Å². The van der Waals surface area contributed by atoms with Crippen LogP contribution >= 0.6 is 0 Å². The van der Waals surface area contributed by atoms with Gasteiger partial charge in [0, 0.05) is 39.0 Å². The Balaban J connectivity index is 2.88. The van der Waals surface area contributed by atoms with E-state index in [1.165, 1.54) is 6.21 Å². The SMILES string of the molecule is CCOCCNCCOCCNCCOCC=N. The molecule has 3 N–H and O–H groups in total. The predicted octanol–water partition coefficient (Wildman–Crippen LogP) is -0.115. The monoisotopic (exact) mass is 261 g/mol. The van der Waals surface area contributed by atoms with Crippen molar-refractivity contribution in [1.82, 2.24) is 10.6 Å². The minimum atomic E-state index is 0.394. The zero-order valence-corrected chi connectivity index (χ0v) is 11.4. The van der Waals surface area contributed by atoms with Gasteiger partial charge < -0.3 is 30.3 Å². The third kappa shape index (κ3) is 15.5. The van der Waals surface area contributed by atoms with Crippen LogP contribution in [-0.4, -0.2) is 72.0 Å². The first-order valence-electron chi connectivity index (χ1n) is 6.55. The van der Waals surface area contributed by atoms with E-state index in [2.05, 4.69) is 10.6 Å². The largest absolute Gasteiger partial charge is 0.380 e. The second kappa shape index (κ2) is 16.5. The molecule has 0 aliphatic carbocycles. The molecule has 108 valence electrons. The molecule has 0 spiro atoms. The van der Waals surface area contributed by atoms with E-state index in [1.807, 2.05) is 6.92 Å². The van der Waals surface area contributed by atoms with Crippen LogP contribution in [0.1, 0.15) is 6.92 Å². The molecule has 0 fully saturated rings. The summed E-state index contributed by atoms with van der Waals surface area (Å²) >= 11 is 0. The Morgan fingerprint density at radius 1 is 0.833 bits per heavy atom. The molecule has 0 amide bonds. The number of hydrogen-bond acceptors (Lipinski definition) is 6. The fourth-order valence-electron chi connectivity index (χ4n) is 1.22. The van der Waals surface area contributed by atoms with E-state index in [-0.39, 0.29) is 0 Å². The standard InChI is InChI=1S/C12H27N3O3/c1-2-16-9-4-14-6-11-18-12-7-15-5-10-17-8-3-13/h3,13-15H,2,4-12H2,1H3. The Kier molecular flexibility index (Phi) is 16.0. The van der Waals surface area contributed by atoms with Gasteiger partial charge in [0.15, 0.2) is 0 Å². The molecule has 0 rings (SSSR count). The molecule has 0 aliphatic heterocycles. The molecule has 18 heavy (non-hydrogen) atoms. The van der Waals surface area contributed by atoms with Gasteiger partial charge in [-0.3, -0.25) is 0 Å². The highest BCUT2D eigenvalue weighted by Crippen LogP contribution is 1.75. The van der Waals surface area contributed by atoms with Gasteiger partial charge in [0.05, 0.1) is 33.0 Å². The molecule has 0 aromatic heterocycles. The Morgan fingerprint density at radius 2 is 1.33 bits per heavy atom. The highest BCUT2D eigenvalue weighted by atomic mass is 16.5. The van der Waals surface area contributed by atoms with Gasteiger partial charge in [-0.1, -0.05) is 0 Å². The van der Waals surface area contributed by atoms with E-state index >= 15 is 0 Å². The zero-order valence-electron chi connectivity index (χ0n) is 11.4. The van der Waals surface area contributed by atoms with E-state index in [9.17, 15) is 0 Å². The lowest BCUT2D eigenvalue weighted by molar-refractivity contribution is 0.124. The predicted molar refractivity (Wildman–Crippen MR) is 72.7 cm³/mol. The number of nitrogens with one attached hydrogen (secondary N) is 3. The van der Waals surface area contributed by atoms with Gasteiger partial charge in [0.2, 0.25) is 0 Å². The fourth-order valence-corrected chi connectivity index (χ4v) is 1.22. The van der Waals surface area contributed by atoms with Crippen LogP contribution in [0.4, 0.5) is 0 Å². The Morgan fingerprint density at radius 3 is 1.83 bits per heavy atom. The quantitative estimate of drug-likeness (QED) is 0.283. The van der Waals surface area contributed by atoms with Crippen LogP contribution in [0.5, 0.6) is 0 Å². The highest BCUT2D eigenvalue weighted by Gasteiger charge is 1.90. The van der Waals surface area contributed by atoms with Crippen LogP contribution in [0.3, 0.4) is 0 Å². The molecule has 0 aromatic carbocycles. The lowest BCUT2D eigenvalue weighted by Crippen LogP contribution is -2.27. The topological polar surface area (TPSA) is 75.6 Å². The van der Waals surface area contributed by atoms with Crippen molar-refractivity contribution in [3.8, 4) is 0 Å². The summed E-state index contributed by atoms with van der Waals surface area (Å²) in [5.74, 6) is 0. The molecule has 0 saturated carbocycles. The van der Waals surface area contributed by atoms with Gasteiger partial charge >= 0.3 is 0 Å². The first-order chi connectivity index (χ1) is 8.91. The number of hydrogen-bond donors (Lipinski definition) is 3. The van der Waals surface area contributed by atoms with Crippen molar-refractivity contribution in [2.45, 2.75) is 6.92 Å². The average Bonchev–Trinajstić information content (AvgIpc) is 2.39. The molecule has 0 aliphatic rings.